The summed E-state index contributed by atoms with van der Waals surface area (Å²) in [6.07, 6.45) is 4.10. The number of hydrogen-bond donors (Lipinski definition) is 1. The smallest absolute Gasteiger partial charge is 0.182 e. The molecule has 0 aliphatic carbocycles. The minimum atomic E-state index is 0.232. The van der Waals surface area contributed by atoms with E-state index in [4.69, 9.17) is 16.6 Å². The average Bonchev–Trinajstić information content (AvgIpc) is 2.63. The minimum absolute atomic E-state index is 0.232. The Balaban J connectivity index is 1.82. The van der Waals surface area contributed by atoms with E-state index in [1.807, 2.05) is 24.3 Å². The van der Waals surface area contributed by atoms with E-state index in [9.17, 15) is 0 Å². The number of anilines is 1. The van der Waals surface area contributed by atoms with Crippen molar-refractivity contribution >= 4 is 17.4 Å². The molecule has 1 saturated heterocycles. The van der Waals surface area contributed by atoms with Gasteiger partial charge in [0.05, 0.1) is 11.9 Å². The van der Waals surface area contributed by atoms with Crippen LogP contribution in [0.1, 0.15) is 51.6 Å². The van der Waals surface area contributed by atoms with Gasteiger partial charge < -0.3 is 5.32 Å². The van der Waals surface area contributed by atoms with E-state index in [2.05, 4.69) is 41.2 Å². The Morgan fingerprint density at radius 2 is 1.68 bits per heavy atom. The zero-order valence-electron chi connectivity index (χ0n) is 15.2. The summed E-state index contributed by atoms with van der Waals surface area (Å²) in [7, 11) is 0. The largest absolute Gasteiger partial charge is 0.352 e. The van der Waals surface area contributed by atoms with E-state index in [1.54, 1.807) is 0 Å². The third-order valence-electron chi connectivity index (χ3n) is 4.65. The Hall–Kier alpha value is -1.72. The van der Waals surface area contributed by atoms with Gasteiger partial charge in [-0.05, 0) is 49.9 Å². The van der Waals surface area contributed by atoms with Gasteiger partial charge in [-0.15, -0.1) is 10.2 Å². The number of aromatic nitrogens is 3. The average molecular weight is 360 g/mol. The topological polar surface area (TPSA) is 53.9 Å². The van der Waals surface area contributed by atoms with Crippen molar-refractivity contribution in [2.75, 3.05) is 18.4 Å². The fourth-order valence-electron chi connectivity index (χ4n) is 3.16. The van der Waals surface area contributed by atoms with E-state index in [0.29, 0.717) is 10.8 Å². The predicted molar refractivity (Wildman–Crippen MR) is 103 cm³/mol. The Bertz CT molecular complexity index is 695. The van der Waals surface area contributed by atoms with Crippen LogP contribution < -0.4 is 5.32 Å². The van der Waals surface area contributed by atoms with E-state index in [0.717, 1.165) is 30.2 Å². The van der Waals surface area contributed by atoms with E-state index < -0.39 is 0 Å². The fraction of sp³-hybridized carbons (Fsp3) is 0.526. The number of piperidine rings is 1. The molecule has 1 unspecified atom stereocenters. The van der Waals surface area contributed by atoms with Crippen LogP contribution in [0.15, 0.2) is 24.3 Å². The first-order chi connectivity index (χ1) is 12.0. The lowest BCUT2D eigenvalue weighted by Gasteiger charge is -2.33. The number of hydrogen-bond acceptors (Lipinski definition) is 5. The second-order valence-corrected chi connectivity index (χ2v) is 7.38. The molecule has 3 rings (SSSR count). The quantitative estimate of drug-likeness (QED) is 0.848. The first-order valence-corrected chi connectivity index (χ1v) is 9.43. The highest BCUT2D eigenvalue weighted by atomic mass is 35.5. The summed E-state index contributed by atoms with van der Waals surface area (Å²) in [5.74, 6) is 1.68. The molecular formula is C19H26ClN5. The fourth-order valence-corrected chi connectivity index (χ4v) is 3.29. The van der Waals surface area contributed by atoms with Gasteiger partial charge in [0.25, 0.3) is 0 Å². The normalized spacial score (nSPS) is 16.8. The first kappa shape index (κ1) is 18.1. The molecule has 2 heterocycles. The molecule has 0 amide bonds. The van der Waals surface area contributed by atoms with Crippen LogP contribution in [-0.2, 0) is 0 Å². The zero-order chi connectivity index (χ0) is 17.8. The molecule has 134 valence electrons. The van der Waals surface area contributed by atoms with Gasteiger partial charge in [0, 0.05) is 23.7 Å². The Morgan fingerprint density at radius 3 is 2.32 bits per heavy atom. The van der Waals surface area contributed by atoms with Crippen LogP contribution in [0, 0.1) is 0 Å². The van der Waals surface area contributed by atoms with Crippen molar-refractivity contribution in [1.82, 2.24) is 20.1 Å². The van der Waals surface area contributed by atoms with E-state index >= 15 is 0 Å². The van der Waals surface area contributed by atoms with Crippen molar-refractivity contribution in [1.29, 1.82) is 0 Å². The monoisotopic (exact) mass is 359 g/mol. The summed E-state index contributed by atoms with van der Waals surface area (Å²) in [5, 5.41) is 13.0. The molecule has 5 nitrogen and oxygen atoms in total. The number of benzene rings is 1. The maximum Gasteiger partial charge on any atom is 0.182 e. The molecule has 6 heteroatoms. The van der Waals surface area contributed by atoms with Crippen LogP contribution in [-0.4, -0.2) is 39.3 Å². The predicted octanol–water partition coefficient (Wildman–Crippen LogP) is 4.56. The summed E-state index contributed by atoms with van der Waals surface area (Å²) in [6.45, 7) is 8.72. The lowest BCUT2D eigenvalue weighted by molar-refractivity contribution is 0.189. The van der Waals surface area contributed by atoms with Gasteiger partial charge in [0.2, 0.25) is 0 Å². The molecule has 0 radical (unpaired) electrons. The highest BCUT2D eigenvalue weighted by Crippen LogP contribution is 2.25. The molecule has 1 N–H and O–H groups in total. The molecule has 0 saturated carbocycles. The van der Waals surface area contributed by atoms with Crippen molar-refractivity contribution in [3.63, 3.8) is 0 Å². The van der Waals surface area contributed by atoms with Crippen LogP contribution in [0.2, 0.25) is 5.02 Å². The number of nitrogens with zero attached hydrogens (tertiary/aromatic N) is 4. The molecule has 1 aromatic carbocycles. The number of nitrogens with one attached hydrogen (secondary N) is 1. The molecular weight excluding hydrogens is 334 g/mol. The van der Waals surface area contributed by atoms with Crippen LogP contribution in [0.4, 0.5) is 5.82 Å². The third kappa shape index (κ3) is 4.47. The SMILES string of the molecule is CC(C)c1nc(-c2ccc(Cl)cc2)nnc1NC(C)N1CCCCC1. The summed E-state index contributed by atoms with van der Waals surface area (Å²) in [5.41, 5.74) is 1.87. The lowest BCUT2D eigenvalue weighted by atomic mass is 10.1. The van der Waals surface area contributed by atoms with Gasteiger partial charge in [0.15, 0.2) is 11.6 Å². The minimum Gasteiger partial charge on any atom is -0.352 e. The van der Waals surface area contributed by atoms with Gasteiger partial charge in [-0.1, -0.05) is 31.9 Å². The van der Waals surface area contributed by atoms with Gasteiger partial charge >= 0.3 is 0 Å². The van der Waals surface area contributed by atoms with E-state index in [-0.39, 0.29) is 12.1 Å². The molecule has 0 spiro atoms. The highest BCUT2D eigenvalue weighted by Gasteiger charge is 2.20. The number of rotatable bonds is 5. The van der Waals surface area contributed by atoms with Gasteiger partial charge in [-0.25, -0.2) is 4.98 Å². The van der Waals surface area contributed by atoms with Crippen LogP contribution in [0.3, 0.4) is 0 Å². The molecule has 2 aromatic rings. The molecule has 1 aliphatic heterocycles. The number of halogens is 1. The summed E-state index contributed by atoms with van der Waals surface area (Å²) >= 11 is 5.97. The molecule has 1 aromatic heterocycles. The Kier molecular flexibility index (Phi) is 5.86. The van der Waals surface area contributed by atoms with Crippen LogP contribution >= 0.6 is 11.6 Å². The van der Waals surface area contributed by atoms with Crippen molar-refractivity contribution in [2.24, 2.45) is 0 Å². The molecule has 0 bridgehead atoms. The Morgan fingerprint density at radius 1 is 1.00 bits per heavy atom. The van der Waals surface area contributed by atoms with Crippen LogP contribution in [0.5, 0.6) is 0 Å². The summed E-state index contributed by atoms with van der Waals surface area (Å²) in [6, 6.07) is 7.54. The summed E-state index contributed by atoms with van der Waals surface area (Å²) in [4.78, 5) is 7.23. The number of likely N-dealkylation sites (tertiary alicyclic amines) is 1. The van der Waals surface area contributed by atoms with Crippen molar-refractivity contribution in [2.45, 2.75) is 52.1 Å². The van der Waals surface area contributed by atoms with Crippen molar-refractivity contribution < 1.29 is 0 Å². The maximum absolute atomic E-state index is 5.97. The third-order valence-corrected chi connectivity index (χ3v) is 4.90. The van der Waals surface area contributed by atoms with Gasteiger partial charge in [-0.3, -0.25) is 4.90 Å². The molecule has 1 fully saturated rings. The maximum atomic E-state index is 5.97. The zero-order valence-corrected chi connectivity index (χ0v) is 15.9. The van der Waals surface area contributed by atoms with Crippen molar-refractivity contribution in [3.8, 4) is 11.4 Å². The van der Waals surface area contributed by atoms with Crippen molar-refractivity contribution in [3.05, 3.63) is 35.0 Å². The standard InChI is InChI=1S/C19H26ClN5/c1-13(2)17-19(21-14(3)25-11-5-4-6-12-25)24-23-18(22-17)15-7-9-16(20)10-8-15/h7-10,13-14H,4-6,11-12H2,1-3H3,(H,21,24). The second-order valence-electron chi connectivity index (χ2n) is 6.95. The molecule has 25 heavy (non-hydrogen) atoms. The Labute approximate surface area is 154 Å². The van der Waals surface area contributed by atoms with Gasteiger partial charge in [-0.2, -0.15) is 0 Å². The van der Waals surface area contributed by atoms with E-state index in [1.165, 1.54) is 19.3 Å². The molecule has 1 atom stereocenters. The molecule has 1 aliphatic rings. The first-order valence-electron chi connectivity index (χ1n) is 9.05. The highest BCUT2D eigenvalue weighted by molar-refractivity contribution is 6.30. The summed E-state index contributed by atoms with van der Waals surface area (Å²) < 4.78 is 0. The van der Waals surface area contributed by atoms with Crippen LogP contribution in [0.25, 0.3) is 11.4 Å². The second kappa shape index (κ2) is 8.11. The van der Waals surface area contributed by atoms with Gasteiger partial charge in [0.1, 0.15) is 0 Å². The lowest BCUT2D eigenvalue weighted by Crippen LogP contribution is -2.42.